The lowest BCUT2D eigenvalue weighted by molar-refractivity contribution is -0.385. The molecule has 0 saturated heterocycles. The minimum Gasteiger partial charge on any atom is -0.493 e. The predicted octanol–water partition coefficient (Wildman–Crippen LogP) is 3.75. The number of methoxy groups -OCH3 is 2. The third-order valence-electron chi connectivity index (χ3n) is 5.60. The molecule has 0 spiro atoms. The van der Waals surface area contributed by atoms with Crippen molar-refractivity contribution in [2.75, 3.05) is 20.8 Å². The van der Waals surface area contributed by atoms with Gasteiger partial charge >= 0.3 is 5.97 Å². The van der Waals surface area contributed by atoms with E-state index < -0.39 is 22.7 Å². The normalized spacial score (nSPS) is 20.6. The Morgan fingerprint density at radius 3 is 2.52 bits per heavy atom. The van der Waals surface area contributed by atoms with Gasteiger partial charge in [0.25, 0.3) is 5.69 Å². The molecular weight excluding hydrogens is 404 g/mol. The topological polar surface area (TPSA) is 117 Å². The molecule has 1 aromatic rings. The van der Waals surface area contributed by atoms with Crippen molar-refractivity contribution < 1.29 is 28.7 Å². The Kier molecular flexibility index (Phi) is 6.72. The monoisotopic (exact) mass is 430 g/mol. The first-order valence-corrected chi connectivity index (χ1v) is 10.2. The van der Waals surface area contributed by atoms with Gasteiger partial charge < -0.3 is 14.2 Å². The molecule has 1 unspecified atom stereocenters. The summed E-state index contributed by atoms with van der Waals surface area (Å²) in [7, 11) is 2.80. The Morgan fingerprint density at radius 1 is 1.23 bits per heavy atom. The molecule has 1 aliphatic heterocycles. The van der Waals surface area contributed by atoms with Gasteiger partial charge in [0.2, 0.25) is 0 Å². The summed E-state index contributed by atoms with van der Waals surface area (Å²) in [6, 6.07) is 2.74. The zero-order chi connectivity index (χ0) is 22.7. The number of allylic oxidation sites excluding steroid dienone is 2. The standard InChI is InChI=1S/C22H26N2O7/c1-5-9-31-22(26)19-12(2)23-14-7-6-8-16(25)21(14)20(19)13-10-17(29-3)18(30-4)11-15(13)24(27)28/h10-11,19-20H,5-9H2,1-4H3/t19?,20-/m0/s1. The van der Waals surface area contributed by atoms with Gasteiger partial charge in [-0.05, 0) is 32.3 Å². The van der Waals surface area contributed by atoms with Crippen LogP contribution >= 0.6 is 0 Å². The number of ketones is 1. The van der Waals surface area contributed by atoms with Crippen LogP contribution in [0.3, 0.4) is 0 Å². The molecule has 31 heavy (non-hydrogen) atoms. The Morgan fingerprint density at radius 2 is 1.90 bits per heavy atom. The van der Waals surface area contributed by atoms with E-state index >= 15 is 0 Å². The van der Waals surface area contributed by atoms with Crippen LogP contribution in [0.4, 0.5) is 5.69 Å². The number of hydrogen-bond acceptors (Lipinski definition) is 8. The van der Waals surface area contributed by atoms with Crippen LogP contribution in [0.15, 0.2) is 28.4 Å². The van der Waals surface area contributed by atoms with Gasteiger partial charge in [0.05, 0.1) is 31.8 Å². The maximum atomic E-state index is 13.0. The van der Waals surface area contributed by atoms with E-state index in [9.17, 15) is 19.7 Å². The van der Waals surface area contributed by atoms with Gasteiger partial charge in [-0.2, -0.15) is 0 Å². The molecular formula is C22H26N2O7. The molecule has 1 aromatic carbocycles. The van der Waals surface area contributed by atoms with Crippen molar-refractivity contribution in [1.29, 1.82) is 0 Å². The lowest BCUT2D eigenvalue weighted by Crippen LogP contribution is -2.37. The highest BCUT2D eigenvalue weighted by molar-refractivity contribution is 6.09. The van der Waals surface area contributed by atoms with E-state index in [2.05, 4.69) is 4.99 Å². The quantitative estimate of drug-likeness (QED) is 0.367. The number of aliphatic imine (C=N–C) groups is 1. The molecule has 0 fully saturated rings. The number of hydrogen-bond donors (Lipinski definition) is 0. The SMILES string of the molecule is CCCOC(=O)C1C(C)=NC2=C(C(=O)CCC2)[C@H]1c1cc(OC)c(OC)cc1[N+](=O)[O-]. The summed E-state index contributed by atoms with van der Waals surface area (Å²) in [5, 5.41) is 12.0. The van der Waals surface area contributed by atoms with Crippen LogP contribution < -0.4 is 9.47 Å². The van der Waals surface area contributed by atoms with Crippen LogP contribution in [-0.2, 0) is 14.3 Å². The van der Waals surface area contributed by atoms with Crippen LogP contribution in [0.1, 0.15) is 51.0 Å². The van der Waals surface area contributed by atoms with E-state index in [1.165, 1.54) is 26.4 Å². The summed E-state index contributed by atoms with van der Waals surface area (Å²) in [6.07, 6.45) is 2.16. The van der Waals surface area contributed by atoms with E-state index in [1.807, 2.05) is 6.92 Å². The number of esters is 1. The van der Waals surface area contributed by atoms with Gasteiger partial charge in [-0.3, -0.25) is 24.7 Å². The second-order valence-corrected chi connectivity index (χ2v) is 7.54. The summed E-state index contributed by atoms with van der Waals surface area (Å²) in [6.45, 7) is 3.78. The molecule has 166 valence electrons. The smallest absolute Gasteiger partial charge is 0.315 e. The number of nitrogens with zero attached hydrogens (tertiary/aromatic N) is 2. The first-order valence-electron chi connectivity index (χ1n) is 10.2. The highest BCUT2D eigenvalue weighted by Gasteiger charge is 2.46. The maximum Gasteiger partial charge on any atom is 0.315 e. The molecule has 0 aromatic heterocycles. The fraction of sp³-hybridized carbons (Fsp3) is 0.500. The van der Waals surface area contributed by atoms with Gasteiger partial charge in [-0.25, -0.2) is 0 Å². The second kappa shape index (κ2) is 9.28. The van der Waals surface area contributed by atoms with E-state index in [0.717, 1.165) is 0 Å². The number of benzene rings is 1. The highest BCUT2D eigenvalue weighted by atomic mass is 16.6. The molecule has 3 rings (SSSR count). The van der Waals surface area contributed by atoms with Crippen LogP contribution in [0.5, 0.6) is 11.5 Å². The molecule has 9 nitrogen and oxygen atoms in total. The van der Waals surface area contributed by atoms with Crippen LogP contribution in [0.2, 0.25) is 0 Å². The highest BCUT2D eigenvalue weighted by Crippen LogP contribution is 2.48. The molecule has 1 heterocycles. The number of Topliss-reactive ketones (excluding diaryl/α,β-unsaturated/α-hetero) is 1. The number of carbonyl (C=O) groups is 2. The average molecular weight is 430 g/mol. The minimum atomic E-state index is -0.941. The van der Waals surface area contributed by atoms with Crippen molar-refractivity contribution in [3.05, 3.63) is 39.1 Å². The second-order valence-electron chi connectivity index (χ2n) is 7.54. The molecule has 2 aliphatic rings. The summed E-state index contributed by atoms with van der Waals surface area (Å²) >= 11 is 0. The van der Waals surface area contributed by atoms with Crippen molar-refractivity contribution in [1.82, 2.24) is 0 Å². The zero-order valence-electron chi connectivity index (χ0n) is 18.1. The molecule has 0 saturated carbocycles. The Bertz CT molecular complexity index is 980. The largest absolute Gasteiger partial charge is 0.493 e. The van der Waals surface area contributed by atoms with E-state index in [0.29, 0.717) is 42.7 Å². The molecule has 9 heteroatoms. The van der Waals surface area contributed by atoms with Gasteiger partial charge in [0.1, 0.15) is 5.92 Å². The summed E-state index contributed by atoms with van der Waals surface area (Å²) in [5.74, 6) is -2.07. The van der Waals surface area contributed by atoms with Gasteiger partial charge in [0.15, 0.2) is 17.3 Å². The van der Waals surface area contributed by atoms with Gasteiger partial charge in [0, 0.05) is 34.9 Å². The van der Waals surface area contributed by atoms with Crippen molar-refractivity contribution in [3.63, 3.8) is 0 Å². The lowest BCUT2D eigenvalue weighted by Gasteiger charge is -2.34. The molecule has 2 atom stereocenters. The summed E-state index contributed by atoms with van der Waals surface area (Å²) in [4.78, 5) is 41.9. The summed E-state index contributed by atoms with van der Waals surface area (Å²) in [5.41, 5.74) is 1.37. The van der Waals surface area contributed by atoms with E-state index in [-0.39, 0.29) is 35.1 Å². The zero-order valence-corrected chi connectivity index (χ0v) is 18.1. The van der Waals surface area contributed by atoms with Gasteiger partial charge in [-0.1, -0.05) is 6.92 Å². The molecule has 0 amide bonds. The number of nitro benzene ring substituents is 1. The molecule has 1 aliphatic carbocycles. The Balaban J connectivity index is 2.28. The lowest BCUT2D eigenvalue weighted by atomic mass is 9.71. The fourth-order valence-corrected chi connectivity index (χ4v) is 4.23. The van der Waals surface area contributed by atoms with Crippen LogP contribution in [-0.4, -0.2) is 43.2 Å². The maximum absolute atomic E-state index is 13.0. The van der Waals surface area contributed by atoms with Crippen LogP contribution in [0, 0.1) is 16.0 Å². The molecule has 0 N–H and O–H groups in total. The number of nitro groups is 1. The predicted molar refractivity (Wildman–Crippen MR) is 113 cm³/mol. The third kappa shape index (κ3) is 4.17. The van der Waals surface area contributed by atoms with Crippen molar-refractivity contribution in [2.45, 2.75) is 45.4 Å². The fourth-order valence-electron chi connectivity index (χ4n) is 4.23. The van der Waals surface area contributed by atoms with Crippen molar-refractivity contribution >= 4 is 23.2 Å². The first-order chi connectivity index (χ1) is 14.8. The number of rotatable bonds is 7. The average Bonchev–Trinajstić information content (AvgIpc) is 2.75. The first kappa shape index (κ1) is 22.5. The minimum absolute atomic E-state index is 0.153. The Labute approximate surface area is 180 Å². The molecule has 0 bridgehead atoms. The number of ether oxygens (including phenoxy) is 3. The van der Waals surface area contributed by atoms with Crippen LogP contribution in [0.25, 0.3) is 0 Å². The van der Waals surface area contributed by atoms with Crippen molar-refractivity contribution in [3.8, 4) is 11.5 Å². The third-order valence-corrected chi connectivity index (χ3v) is 5.60. The summed E-state index contributed by atoms with van der Waals surface area (Å²) < 4.78 is 16.0. The van der Waals surface area contributed by atoms with Crippen molar-refractivity contribution in [2.24, 2.45) is 10.9 Å². The van der Waals surface area contributed by atoms with Gasteiger partial charge in [-0.15, -0.1) is 0 Å². The molecule has 0 radical (unpaired) electrons. The Hall–Kier alpha value is -3.23. The van der Waals surface area contributed by atoms with E-state index in [4.69, 9.17) is 14.2 Å². The number of carbonyl (C=O) groups excluding carboxylic acids is 2. The van der Waals surface area contributed by atoms with E-state index in [1.54, 1.807) is 6.92 Å².